The Morgan fingerprint density at radius 1 is 1.05 bits per heavy atom. The van der Waals surface area contributed by atoms with Gasteiger partial charge >= 0.3 is 0 Å². The fourth-order valence-corrected chi connectivity index (χ4v) is 5.61. The third-order valence-corrected chi connectivity index (χ3v) is 8.15. The molecule has 0 bridgehead atoms. The lowest BCUT2D eigenvalue weighted by molar-refractivity contribution is -0.114. The van der Waals surface area contributed by atoms with E-state index in [2.05, 4.69) is 26.6 Å². The van der Waals surface area contributed by atoms with Crippen molar-refractivity contribution in [2.45, 2.75) is 38.1 Å². The highest BCUT2D eigenvalue weighted by atomic mass is 79.9. The van der Waals surface area contributed by atoms with E-state index in [9.17, 15) is 18.0 Å². The van der Waals surface area contributed by atoms with Crippen LogP contribution in [0.3, 0.4) is 0 Å². The molecule has 3 aromatic rings. The van der Waals surface area contributed by atoms with Gasteiger partial charge in [0, 0.05) is 6.04 Å². The van der Waals surface area contributed by atoms with Gasteiger partial charge in [0.05, 0.1) is 33.4 Å². The molecule has 0 heterocycles. The fourth-order valence-electron chi connectivity index (χ4n) is 3.47. The number of nitrogens with one attached hydrogen (secondary N) is 2. The largest absolute Gasteiger partial charge is 0.496 e. The molecule has 0 aliphatic heterocycles. The number of halogens is 1. The molecule has 0 aromatic heterocycles. The maximum Gasteiger partial charge on any atom is 0.264 e. The summed E-state index contributed by atoms with van der Waals surface area (Å²) in [4.78, 5) is 25.9. The van der Waals surface area contributed by atoms with Crippen molar-refractivity contribution in [2.75, 3.05) is 23.3 Å². The predicted octanol–water partition coefficient (Wildman–Crippen LogP) is 5.13. The quantitative estimate of drug-likeness (QED) is 0.342. The summed E-state index contributed by atoms with van der Waals surface area (Å²) in [7, 11) is -2.66. The molecule has 196 valence electrons. The summed E-state index contributed by atoms with van der Waals surface area (Å²) < 4.78 is 34.1. The normalized spacial score (nSPS) is 11.9. The molecule has 0 unspecified atom stereocenters. The van der Waals surface area contributed by atoms with Crippen LogP contribution in [-0.2, 0) is 14.8 Å². The minimum atomic E-state index is -4.14. The molecule has 1 atom stereocenters. The number of sulfonamides is 1. The van der Waals surface area contributed by atoms with E-state index in [-0.39, 0.29) is 16.8 Å². The van der Waals surface area contributed by atoms with Gasteiger partial charge in [0.25, 0.3) is 15.9 Å². The molecule has 8 nitrogen and oxygen atoms in total. The summed E-state index contributed by atoms with van der Waals surface area (Å²) in [5.74, 6) is -0.442. The number of hydrogen-bond acceptors (Lipinski definition) is 5. The third kappa shape index (κ3) is 6.90. The molecule has 0 aliphatic rings. The molecule has 2 N–H and O–H groups in total. The number of carbonyl (C=O) groups is 2. The lowest BCUT2D eigenvalue weighted by Crippen LogP contribution is -2.38. The van der Waals surface area contributed by atoms with Crippen molar-refractivity contribution in [3.05, 3.63) is 82.3 Å². The molecular weight excluding hydrogens is 558 g/mol. The first-order valence-corrected chi connectivity index (χ1v) is 13.9. The lowest BCUT2D eigenvalue weighted by atomic mass is 10.1. The molecular formula is C27H30BrN3O5S. The van der Waals surface area contributed by atoms with E-state index in [1.165, 1.54) is 25.3 Å². The molecule has 3 rings (SSSR count). The standard InChI is InChI=1S/C27H30BrN3O5S/c1-5-19(3)29-27(33)22-8-6-7-9-24(22)30-26(32)17-31(20-12-10-18(2)11-13-20)37(34,35)21-14-15-25(36-4)23(28)16-21/h6-16,19H,5,17H2,1-4H3,(H,29,33)(H,30,32)/t19-/m1/s1. The molecule has 0 aliphatic carbocycles. The number of methoxy groups -OCH3 is 1. The molecule has 0 saturated carbocycles. The van der Waals surface area contributed by atoms with Crippen LogP contribution in [0.25, 0.3) is 0 Å². The monoisotopic (exact) mass is 587 g/mol. The number of ether oxygens (including phenoxy) is 1. The van der Waals surface area contributed by atoms with Crippen LogP contribution in [0.1, 0.15) is 36.2 Å². The van der Waals surface area contributed by atoms with Crippen molar-refractivity contribution in [3.63, 3.8) is 0 Å². The number of para-hydroxylation sites is 1. The summed E-state index contributed by atoms with van der Waals surface area (Å²) in [6.45, 7) is 5.23. The number of benzene rings is 3. The van der Waals surface area contributed by atoms with Crippen molar-refractivity contribution < 1.29 is 22.7 Å². The second-order valence-electron chi connectivity index (χ2n) is 8.52. The molecule has 2 amide bonds. The number of hydrogen-bond donors (Lipinski definition) is 2. The number of rotatable bonds is 10. The zero-order valence-corrected chi connectivity index (χ0v) is 23.5. The average Bonchev–Trinajstić information content (AvgIpc) is 2.88. The minimum absolute atomic E-state index is 0.0121. The highest BCUT2D eigenvalue weighted by Crippen LogP contribution is 2.31. The van der Waals surface area contributed by atoms with Crippen molar-refractivity contribution in [3.8, 4) is 5.75 Å². The second kappa shape index (κ2) is 12.2. The second-order valence-corrected chi connectivity index (χ2v) is 11.2. The van der Waals surface area contributed by atoms with Gasteiger partial charge in [-0.05, 0) is 78.7 Å². The van der Waals surface area contributed by atoms with Crippen LogP contribution < -0.4 is 19.7 Å². The van der Waals surface area contributed by atoms with Crippen LogP contribution in [0.5, 0.6) is 5.75 Å². The van der Waals surface area contributed by atoms with Gasteiger partial charge in [0.2, 0.25) is 5.91 Å². The molecule has 3 aromatic carbocycles. The van der Waals surface area contributed by atoms with Gasteiger partial charge in [-0.3, -0.25) is 13.9 Å². The Kier molecular flexibility index (Phi) is 9.34. The van der Waals surface area contributed by atoms with Crippen LogP contribution >= 0.6 is 15.9 Å². The van der Waals surface area contributed by atoms with Gasteiger partial charge in [-0.2, -0.15) is 0 Å². The van der Waals surface area contributed by atoms with E-state index in [0.717, 1.165) is 16.3 Å². The van der Waals surface area contributed by atoms with Gasteiger partial charge in [-0.15, -0.1) is 0 Å². The van der Waals surface area contributed by atoms with Crippen LogP contribution in [0.2, 0.25) is 0 Å². The Morgan fingerprint density at radius 3 is 2.35 bits per heavy atom. The van der Waals surface area contributed by atoms with Crippen LogP contribution in [-0.4, -0.2) is 39.9 Å². The number of nitrogens with zero attached hydrogens (tertiary/aromatic N) is 1. The number of anilines is 2. The predicted molar refractivity (Wildman–Crippen MR) is 149 cm³/mol. The van der Waals surface area contributed by atoms with E-state index in [0.29, 0.717) is 27.2 Å². The smallest absolute Gasteiger partial charge is 0.264 e. The molecule has 0 spiro atoms. The van der Waals surface area contributed by atoms with Crippen LogP contribution in [0, 0.1) is 6.92 Å². The van der Waals surface area contributed by atoms with Gasteiger partial charge in [0.15, 0.2) is 0 Å². The summed E-state index contributed by atoms with van der Waals surface area (Å²) in [6.07, 6.45) is 0.755. The summed E-state index contributed by atoms with van der Waals surface area (Å²) >= 11 is 3.33. The van der Waals surface area contributed by atoms with Crippen LogP contribution in [0.15, 0.2) is 76.1 Å². The van der Waals surface area contributed by atoms with Crippen molar-refractivity contribution in [1.29, 1.82) is 0 Å². The van der Waals surface area contributed by atoms with E-state index in [1.54, 1.807) is 48.5 Å². The Morgan fingerprint density at radius 2 is 1.73 bits per heavy atom. The minimum Gasteiger partial charge on any atom is -0.496 e. The zero-order chi connectivity index (χ0) is 27.2. The Balaban J connectivity index is 1.94. The lowest BCUT2D eigenvalue weighted by Gasteiger charge is -2.25. The van der Waals surface area contributed by atoms with Crippen molar-refractivity contribution >= 4 is 49.1 Å². The van der Waals surface area contributed by atoms with Gasteiger partial charge in [-0.25, -0.2) is 8.42 Å². The van der Waals surface area contributed by atoms with Gasteiger partial charge in [0.1, 0.15) is 12.3 Å². The van der Waals surface area contributed by atoms with Gasteiger partial charge in [-0.1, -0.05) is 36.8 Å². The first-order chi connectivity index (χ1) is 17.6. The fraction of sp³-hybridized carbons (Fsp3) is 0.259. The topological polar surface area (TPSA) is 105 Å². The number of amides is 2. The Bertz CT molecular complexity index is 1380. The SMILES string of the molecule is CC[C@@H](C)NC(=O)c1ccccc1NC(=O)CN(c1ccc(C)cc1)S(=O)(=O)c1ccc(OC)c(Br)c1. The zero-order valence-electron chi connectivity index (χ0n) is 21.1. The average molecular weight is 589 g/mol. The van der Waals surface area contributed by atoms with E-state index < -0.39 is 22.5 Å². The first kappa shape index (κ1) is 28.2. The van der Waals surface area contributed by atoms with Crippen molar-refractivity contribution in [2.24, 2.45) is 0 Å². The highest BCUT2D eigenvalue weighted by Gasteiger charge is 2.28. The molecule has 0 saturated heterocycles. The molecule has 10 heteroatoms. The first-order valence-electron chi connectivity index (χ1n) is 11.7. The van der Waals surface area contributed by atoms with Crippen molar-refractivity contribution in [1.82, 2.24) is 5.32 Å². The van der Waals surface area contributed by atoms with Crippen LogP contribution in [0.4, 0.5) is 11.4 Å². The third-order valence-electron chi connectivity index (χ3n) is 5.76. The maximum atomic E-state index is 13.7. The Labute approximate surface area is 226 Å². The maximum absolute atomic E-state index is 13.7. The van der Waals surface area contributed by atoms with E-state index in [1.807, 2.05) is 20.8 Å². The van der Waals surface area contributed by atoms with E-state index >= 15 is 0 Å². The number of carbonyl (C=O) groups excluding carboxylic acids is 2. The summed E-state index contributed by atoms with van der Waals surface area (Å²) in [5.41, 5.74) is 1.86. The molecule has 37 heavy (non-hydrogen) atoms. The summed E-state index contributed by atoms with van der Waals surface area (Å²) in [6, 6.07) is 17.8. The highest BCUT2D eigenvalue weighted by molar-refractivity contribution is 9.10. The molecule has 0 fully saturated rings. The number of aryl methyl sites for hydroxylation is 1. The van der Waals surface area contributed by atoms with Gasteiger partial charge < -0.3 is 15.4 Å². The van der Waals surface area contributed by atoms with E-state index in [4.69, 9.17) is 4.74 Å². The summed E-state index contributed by atoms with van der Waals surface area (Å²) in [5, 5.41) is 5.59. The molecule has 0 radical (unpaired) electrons. The Hall–Kier alpha value is -3.37.